The highest BCUT2D eigenvalue weighted by Gasteiger charge is 2.03. The molecule has 0 N–H and O–H groups in total. The first kappa shape index (κ1) is 13.7. The molecule has 2 aromatic carbocycles. The van der Waals surface area contributed by atoms with Gasteiger partial charge in [0, 0.05) is 0 Å². The maximum absolute atomic E-state index is 13.0. The normalized spacial score (nSPS) is 9.79. The van der Waals surface area contributed by atoms with E-state index in [1.165, 1.54) is 12.1 Å². The molecule has 0 aliphatic carbocycles. The van der Waals surface area contributed by atoms with Crippen molar-refractivity contribution in [2.24, 2.45) is 4.99 Å². The molecule has 0 aromatic heterocycles. The Morgan fingerprint density at radius 3 is 2.79 bits per heavy atom. The second-order valence-electron chi connectivity index (χ2n) is 3.74. The lowest BCUT2D eigenvalue weighted by atomic mass is 10.2. The molecule has 0 fully saturated rings. The number of nitrogens with zero attached hydrogens (tertiary/aromatic N) is 1. The topological polar surface area (TPSA) is 21.6 Å². The van der Waals surface area contributed by atoms with E-state index in [2.05, 4.69) is 22.4 Å². The SMILES string of the molecule is Fc1cccc(COc2ccc(N=C=S)cc2Cl)c1. The lowest BCUT2D eigenvalue weighted by Gasteiger charge is -2.08. The predicted octanol–water partition coefficient (Wildman–Crippen LogP) is 4.79. The summed E-state index contributed by atoms with van der Waals surface area (Å²) < 4.78 is 18.5. The standard InChI is InChI=1S/C14H9ClFNOS/c15-13-7-12(17-9-19)4-5-14(13)18-8-10-2-1-3-11(16)6-10/h1-7H,8H2. The highest BCUT2D eigenvalue weighted by atomic mass is 35.5. The third kappa shape index (κ3) is 3.86. The summed E-state index contributed by atoms with van der Waals surface area (Å²) in [6.07, 6.45) is 0. The van der Waals surface area contributed by atoms with Gasteiger partial charge in [0.15, 0.2) is 0 Å². The van der Waals surface area contributed by atoms with E-state index in [0.29, 0.717) is 16.5 Å². The van der Waals surface area contributed by atoms with Gasteiger partial charge in [-0.3, -0.25) is 0 Å². The molecule has 0 saturated heterocycles. The number of halogens is 2. The number of rotatable bonds is 4. The summed E-state index contributed by atoms with van der Waals surface area (Å²) in [6, 6.07) is 11.2. The van der Waals surface area contributed by atoms with Gasteiger partial charge in [0.05, 0.1) is 15.9 Å². The van der Waals surface area contributed by atoms with Crippen molar-refractivity contribution < 1.29 is 9.13 Å². The summed E-state index contributed by atoms with van der Waals surface area (Å²) in [5.74, 6) is 0.215. The van der Waals surface area contributed by atoms with Gasteiger partial charge in [-0.1, -0.05) is 23.7 Å². The molecule has 0 aliphatic rings. The van der Waals surface area contributed by atoms with Gasteiger partial charge in [-0.2, -0.15) is 4.99 Å². The molecule has 96 valence electrons. The number of thiocarbonyl (C=S) groups is 1. The average Bonchev–Trinajstić information content (AvgIpc) is 2.38. The lowest BCUT2D eigenvalue weighted by molar-refractivity contribution is 0.306. The second kappa shape index (κ2) is 6.43. The summed E-state index contributed by atoms with van der Waals surface area (Å²) in [7, 11) is 0. The van der Waals surface area contributed by atoms with Gasteiger partial charge >= 0.3 is 0 Å². The van der Waals surface area contributed by atoms with Gasteiger partial charge in [-0.15, -0.1) is 0 Å². The van der Waals surface area contributed by atoms with Gasteiger partial charge < -0.3 is 4.74 Å². The van der Waals surface area contributed by atoms with Gasteiger partial charge in [0.2, 0.25) is 0 Å². The smallest absolute Gasteiger partial charge is 0.138 e. The van der Waals surface area contributed by atoms with Crippen LogP contribution in [0.2, 0.25) is 5.02 Å². The van der Waals surface area contributed by atoms with Crippen LogP contribution in [-0.4, -0.2) is 5.16 Å². The lowest BCUT2D eigenvalue weighted by Crippen LogP contribution is -1.96. The van der Waals surface area contributed by atoms with Gasteiger partial charge in [0.1, 0.15) is 18.2 Å². The van der Waals surface area contributed by atoms with E-state index < -0.39 is 0 Å². The molecular weight excluding hydrogens is 285 g/mol. The van der Waals surface area contributed by atoms with Crippen molar-refractivity contribution in [1.82, 2.24) is 0 Å². The van der Waals surface area contributed by atoms with Crippen LogP contribution < -0.4 is 4.74 Å². The van der Waals surface area contributed by atoms with E-state index in [1.54, 1.807) is 30.3 Å². The highest BCUT2D eigenvalue weighted by Crippen LogP contribution is 2.29. The number of ether oxygens (including phenoxy) is 1. The fraction of sp³-hybridized carbons (Fsp3) is 0.0714. The largest absolute Gasteiger partial charge is 0.487 e. The van der Waals surface area contributed by atoms with Crippen molar-refractivity contribution in [3.8, 4) is 5.75 Å². The minimum atomic E-state index is -0.294. The maximum atomic E-state index is 13.0. The van der Waals surface area contributed by atoms with Crippen LogP contribution in [0.4, 0.5) is 10.1 Å². The molecule has 2 rings (SSSR count). The molecule has 0 amide bonds. The Hall–Kier alpha value is -1.74. The van der Waals surface area contributed by atoms with Crippen LogP contribution in [0.3, 0.4) is 0 Å². The van der Waals surface area contributed by atoms with Crippen LogP contribution in [0.5, 0.6) is 5.75 Å². The van der Waals surface area contributed by atoms with Crippen LogP contribution in [0.15, 0.2) is 47.5 Å². The van der Waals surface area contributed by atoms with Crippen molar-refractivity contribution in [2.75, 3.05) is 0 Å². The molecule has 0 bridgehead atoms. The van der Waals surface area contributed by atoms with E-state index >= 15 is 0 Å². The van der Waals surface area contributed by atoms with E-state index in [0.717, 1.165) is 5.56 Å². The summed E-state index contributed by atoms with van der Waals surface area (Å²) in [6.45, 7) is 0.243. The minimum Gasteiger partial charge on any atom is -0.487 e. The van der Waals surface area contributed by atoms with Crippen LogP contribution in [0.25, 0.3) is 0 Å². The number of aliphatic imine (C=N–C) groups is 1. The third-order valence-corrected chi connectivity index (χ3v) is 2.76. The minimum absolute atomic E-state index is 0.243. The van der Waals surface area contributed by atoms with E-state index in [9.17, 15) is 4.39 Å². The number of benzene rings is 2. The van der Waals surface area contributed by atoms with E-state index in [4.69, 9.17) is 16.3 Å². The van der Waals surface area contributed by atoms with Crippen molar-refractivity contribution in [1.29, 1.82) is 0 Å². The number of isothiocyanates is 1. The zero-order chi connectivity index (χ0) is 13.7. The van der Waals surface area contributed by atoms with E-state index in [-0.39, 0.29) is 12.4 Å². The molecule has 0 saturated carbocycles. The van der Waals surface area contributed by atoms with Gasteiger partial charge in [0.25, 0.3) is 0 Å². The first-order chi connectivity index (χ1) is 9.19. The average molecular weight is 294 g/mol. The van der Waals surface area contributed by atoms with Gasteiger partial charge in [-0.25, -0.2) is 4.39 Å². The number of hydrogen-bond donors (Lipinski definition) is 0. The molecule has 0 unspecified atom stereocenters. The highest BCUT2D eigenvalue weighted by molar-refractivity contribution is 7.78. The Labute approximate surface area is 120 Å². The van der Waals surface area contributed by atoms with E-state index in [1.807, 2.05) is 0 Å². The van der Waals surface area contributed by atoms with Crippen LogP contribution in [0.1, 0.15) is 5.56 Å². The molecular formula is C14H9ClFNOS. The molecule has 0 atom stereocenters. The zero-order valence-corrected chi connectivity index (χ0v) is 11.3. The molecule has 0 spiro atoms. The fourth-order valence-electron chi connectivity index (χ4n) is 1.52. The quantitative estimate of drug-likeness (QED) is 0.597. The summed E-state index contributed by atoms with van der Waals surface area (Å²) >= 11 is 10.6. The molecule has 5 heteroatoms. The van der Waals surface area contributed by atoms with Crippen molar-refractivity contribution >= 4 is 34.7 Å². The first-order valence-electron chi connectivity index (χ1n) is 5.44. The summed E-state index contributed by atoms with van der Waals surface area (Å²) in [4.78, 5) is 3.81. The molecule has 0 heterocycles. The summed E-state index contributed by atoms with van der Waals surface area (Å²) in [5.41, 5.74) is 1.34. The Bertz CT molecular complexity index is 641. The third-order valence-electron chi connectivity index (χ3n) is 2.37. The number of hydrogen-bond acceptors (Lipinski definition) is 3. The first-order valence-corrected chi connectivity index (χ1v) is 6.22. The Kier molecular flexibility index (Phi) is 4.63. The zero-order valence-electron chi connectivity index (χ0n) is 9.77. The Morgan fingerprint density at radius 2 is 2.11 bits per heavy atom. The molecule has 0 radical (unpaired) electrons. The van der Waals surface area contributed by atoms with Crippen molar-refractivity contribution in [2.45, 2.75) is 6.61 Å². The predicted molar refractivity (Wildman–Crippen MR) is 76.9 cm³/mol. The fourth-order valence-corrected chi connectivity index (χ4v) is 1.85. The van der Waals surface area contributed by atoms with Crippen molar-refractivity contribution in [3.63, 3.8) is 0 Å². The molecule has 2 nitrogen and oxygen atoms in total. The van der Waals surface area contributed by atoms with Crippen molar-refractivity contribution in [3.05, 3.63) is 58.9 Å². The molecule has 19 heavy (non-hydrogen) atoms. The summed E-state index contributed by atoms with van der Waals surface area (Å²) in [5, 5.41) is 2.68. The van der Waals surface area contributed by atoms with Crippen LogP contribution in [-0.2, 0) is 6.61 Å². The Balaban J connectivity index is 2.09. The monoisotopic (exact) mass is 293 g/mol. The molecule has 0 aliphatic heterocycles. The van der Waals surface area contributed by atoms with Gasteiger partial charge in [-0.05, 0) is 48.1 Å². The Morgan fingerprint density at radius 1 is 1.26 bits per heavy atom. The van der Waals surface area contributed by atoms with Crippen LogP contribution >= 0.6 is 23.8 Å². The second-order valence-corrected chi connectivity index (χ2v) is 4.33. The van der Waals surface area contributed by atoms with Crippen LogP contribution in [0, 0.1) is 5.82 Å². The maximum Gasteiger partial charge on any atom is 0.138 e. The molecule has 2 aromatic rings.